The summed E-state index contributed by atoms with van der Waals surface area (Å²) >= 11 is 0. The van der Waals surface area contributed by atoms with E-state index < -0.39 is 5.82 Å². The van der Waals surface area contributed by atoms with Crippen LogP contribution in [0.1, 0.15) is 11.1 Å². The zero-order valence-corrected chi connectivity index (χ0v) is 10.3. The van der Waals surface area contributed by atoms with Gasteiger partial charge < -0.3 is 10.6 Å². The van der Waals surface area contributed by atoms with Gasteiger partial charge in [0.25, 0.3) is 0 Å². The van der Waals surface area contributed by atoms with Gasteiger partial charge in [0.05, 0.1) is 17.8 Å². The average molecular weight is 257 g/mol. The van der Waals surface area contributed by atoms with Crippen molar-refractivity contribution in [1.82, 2.24) is 9.97 Å². The van der Waals surface area contributed by atoms with Crippen molar-refractivity contribution in [2.45, 2.75) is 6.54 Å². The number of halogens is 1. The van der Waals surface area contributed by atoms with E-state index >= 15 is 0 Å². The minimum Gasteiger partial charge on any atom is -0.363 e. The predicted molar refractivity (Wildman–Crippen MR) is 70.0 cm³/mol. The molecule has 0 aliphatic heterocycles. The zero-order valence-electron chi connectivity index (χ0n) is 10.3. The predicted octanol–water partition coefficient (Wildman–Crippen LogP) is 2.14. The quantitative estimate of drug-likeness (QED) is 0.877. The molecule has 0 radical (unpaired) electrons. The molecule has 0 aliphatic carbocycles. The molecule has 0 bridgehead atoms. The van der Waals surface area contributed by atoms with E-state index in [1.54, 1.807) is 19.2 Å². The van der Waals surface area contributed by atoms with Gasteiger partial charge in [0.1, 0.15) is 0 Å². The molecule has 0 amide bonds. The van der Waals surface area contributed by atoms with Crippen molar-refractivity contribution in [3.63, 3.8) is 0 Å². The first-order chi connectivity index (χ1) is 9.22. The Bertz CT molecular complexity index is 603. The van der Waals surface area contributed by atoms with Crippen molar-refractivity contribution < 1.29 is 4.39 Å². The fraction of sp³-hybridized carbons (Fsp3) is 0.154. The van der Waals surface area contributed by atoms with Gasteiger partial charge in [0, 0.05) is 13.6 Å². The topological polar surface area (TPSA) is 73.6 Å². The maximum Gasteiger partial charge on any atom is 0.224 e. The molecule has 1 aromatic heterocycles. The summed E-state index contributed by atoms with van der Waals surface area (Å²) in [7, 11) is 1.66. The van der Waals surface area contributed by atoms with Gasteiger partial charge in [0.15, 0.2) is 11.6 Å². The van der Waals surface area contributed by atoms with Crippen LogP contribution in [0.2, 0.25) is 0 Å². The first-order valence-electron chi connectivity index (χ1n) is 5.66. The lowest BCUT2D eigenvalue weighted by molar-refractivity contribution is 0.617. The number of benzene rings is 1. The van der Waals surface area contributed by atoms with Crippen LogP contribution in [-0.4, -0.2) is 17.0 Å². The Morgan fingerprint density at radius 1 is 1.32 bits per heavy atom. The first kappa shape index (κ1) is 12.8. The molecule has 6 heteroatoms. The Hall–Kier alpha value is -2.68. The van der Waals surface area contributed by atoms with Crippen molar-refractivity contribution in [2.24, 2.45) is 0 Å². The Morgan fingerprint density at radius 3 is 2.68 bits per heavy atom. The van der Waals surface area contributed by atoms with Crippen molar-refractivity contribution in [1.29, 1.82) is 5.26 Å². The maximum atomic E-state index is 13.5. The lowest BCUT2D eigenvalue weighted by Gasteiger charge is -2.08. The van der Waals surface area contributed by atoms with Crippen LogP contribution in [-0.2, 0) is 6.54 Å². The molecule has 0 fully saturated rings. The van der Waals surface area contributed by atoms with E-state index in [0.29, 0.717) is 18.1 Å². The molecule has 96 valence electrons. The minimum absolute atomic E-state index is 0.142. The summed E-state index contributed by atoms with van der Waals surface area (Å²) in [5, 5.41) is 14.3. The summed E-state index contributed by atoms with van der Waals surface area (Å²) in [6.07, 6.45) is 1.11. The molecule has 0 saturated heterocycles. The molecule has 0 saturated carbocycles. The van der Waals surface area contributed by atoms with Crippen LogP contribution >= 0.6 is 0 Å². The average Bonchev–Trinajstić information content (AvgIpc) is 2.47. The van der Waals surface area contributed by atoms with Gasteiger partial charge in [0.2, 0.25) is 5.95 Å². The highest BCUT2D eigenvalue weighted by molar-refractivity contribution is 5.42. The molecule has 5 nitrogen and oxygen atoms in total. The SMILES string of the molecule is CNc1ncc(F)c(NCc2ccc(C#N)cc2)n1. The maximum absolute atomic E-state index is 13.5. The lowest BCUT2D eigenvalue weighted by atomic mass is 10.1. The molecule has 2 aromatic rings. The highest BCUT2D eigenvalue weighted by atomic mass is 19.1. The fourth-order valence-corrected chi connectivity index (χ4v) is 1.49. The van der Waals surface area contributed by atoms with Crippen LogP contribution in [0.5, 0.6) is 0 Å². The smallest absolute Gasteiger partial charge is 0.224 e. The number of anilines is 2. The van der Waals surface area contributed by atoms with Crippen molar-refractivity contribution in [2.75, 3.05) is 17.7 Å². The van der Waals surface area contributed by atoms with E-state index in [4.69, 9.17) is 5.26 Å². The van der Waals surface area contributed by atoms with Crippen molar-refractivity contribution in [3.8, 4) is 6.07 Å². The number of aromatic nitrogens is 2. The van der Waals surface area contributed by atoms with Gasteiger partial charge in [-0.05, 0) is 17.7 Å². The van der Waals surface area contributed by atoms with Crippen LogP contribution in [0.15, 0.2) is 30.5 Å². The van der Waals surface area contributed by atoms with Gasteiger partial charge in [-0.1, -0.05) is 12.1 Å². The molecule has 19 heavy (non-hydrogen) atoms. The Labute approximate surface area is 110 Å². The summed E-state index contributed by atoms with van der Waals surface area (Å²) in [5.74, 6) is -0.0138. The third-order valence-corrected chi connectivity index (χ3v) is 2.51. The number of nitriles is 1. The number of hydrogen-bond donors (Lipinski definition) is 2. The normalized spacial score (nSPS) is 9.74. The molecular weight excluding hydrogens is 245 g/mol. The molecular formula is C13H12FN5. The van der Waals surface area contributed by atoms with E-state index in [2.05, 4.69) is 20.6 Å². The molecule has 2 rings (SSSR count). The molecule has 1 aromatic carbocycles. The van der Waals surface area contributed by atoms with Gasteiger partial charge in [-0.25, -0.2) is 9.37 Å². The monoisotopic (exact) mass is 257 g/mol. The number of nitrogens with one attached hydrogen (secondary N) is 2. The molecule has 0 atom stereocenters. The molecule has 2 N–H and O–H groups in total. The first-order valence-corrected chi connectivity index (χ1v) is 5.66. The second kappa shape index (κ2) is 5.78. The summed E-state index contributed by atoms with van der Waals surface area (Å²) in [6.45, 7) is 0.419. The number of nitrogens with zero attached hydrogens (tertiary/aromatic N) is 3. The third kappa shape index (κ3) is 3.16. The van der Waals surface area contributed by atoms with Crippen molar-refractivity contribution >= 4 is 11.8 Å². The van der Waals surface area contributed by atoms with Crippen molar-refractivity contribution in [3.05, 3.63) is 47.4 Å². The fourth-order valence-electron chi connectivity index (χ4n) is 1.49. The molecule has 0 unspecified atom stereocenters. The second-order valence-electron chi connectivity index (χ2n) is 3.80. The molecule has 0 spiro atoms. The van der Waals surface area contributed by atoms with Gasteiger partial charge in [-0.3, -0.25) is 0 Å². The van der Waals surface area contributed by atoms with Crippen LogP contribution in [0.4, 0.5) is 16.2 Å². The van der Waals surface area contributed by atoms with Gasteiger partial charge in [-0.2, -0.15) is 10.2 Å². The number of hydrogen-bond acceptors (Lipinski definition) is 5. The zero-order chi connectivity index (χ0) is 13.7. The summed E-state index contributed by atoms with van der Waals surface area (Å²) < 4.78 is 13.5. The Balaban J connectivity index is 2.07. The van der Waals surface area contributed by atoms with Gasteiger partial charge >= 0.3 is 0 Å². The Morgan fingerprint density at radius 2 is 2.05 bits per heavy atom. The minimum atomic E-state index is -0.507. The lowest BCUT2D eigenvalue weighted by Crippen LogP contribution is -2.06. The van der Waals surface area contributed by atoms with Crippen LogP contribution in [0, 0.1) is 17.1 Å². The van der Waals surface area contributed by atoms with E-state index in [9.17, 15) is 4.39 Å². The second-order valence-corrected chi connectivity index (χ2v) is 3.80. The standard InChI is InChI=1S/C13H12FN5/c1-16-13-18-8-11(14)12(19-13)17-7-10-4-2-9(6-15)3-5-10/h2-5,8H,7H2,1H3,(H2,16,17,18,19). The highest BCUT2D eigenvalue weighted by Gasteiger charge is 2.05. The molecule has 0 aliphatic rings. The van der Waals surface area contributed by atoms with E-state index in [-0.39, 0.29) is 5.82 Å². The summed E-state index contributed by atoms with van der Waals surface area (Å²) in [6, 6.07) is 9.09. The van der Waals surface area contributed by atoms with E-state index in [1.807, 2.05) is 18.2 Å². The van der Waals surface area contributed by atoms with E-state index in [0.717, 1.165) is 11.8 Å². The summed E-state index contributed by atoms with van der Waals surface area (Å²) in [4.78, 5) is 7.74. The van der Waals surface area contributed by atoms with Crippen LogP contribution in [0.3, 0.4) is 0 Å². The van der Waals surface area contributed by atoms with E-state index in [1.165, 1.54) is 0 Å². The van der Waals surface area contributed by atoms with Gasteiger partial charge in [-0.15, -0.1) is 0 Å². The third-order valence-electron chi connectivity index (χ3n) is 2.51. The van der Waals surface area contributed by atoms with Crippen LogP contribution in [0.25, 0.3) is 0 Å². The largest absolute Gasteiger partial charge is 0.363 e. The number of rotatable bonds is 4. The highest BCUT2D eigenvalue weighted by Crippen LogP contribution is 2.13. The van der Waals surface area contributed by atoms with Crippen LogP contribution < -0.4 is 10.6 Å². The summed E-state index contributed by atoms with van der Waals surface area (Å²) in [5.41, 5.74) is 1.53. The Kier molecular flexibility index (Phi) is 3.88. The molecule has 1 heterocycles.